The average Bonchev–Trinajstić information content (AvgIpc) is 3.27. The largest absolute Gasteiger partial charge is 0.312 e. The van der Waals surface area contributed by atoms with Crippen molar-refractivity contribution in [2.75, 3.05) is 26.2 Å². The van der Waals surface area contributed by atoms with Crippen LogP contribution in [0.4, 0.5) is 0 Å². The third kappa shape index (κ3) is 4.07. The van der Waals surface area contributed by atoms with Crippen LogP contribution in [0.15, 0.2) is 30.3 Å². The zero-order valence-electron chi connectivity index (χ0n) is 12.7. The number of benzene rings is 1. The van der Waals surface area contributed by atoms with Gasteiger partial charge >= 0.3 is 0 Å². The molecule has 110 valence electrons. The number of hydrogen-bond acceptors (Lipinski definition) is 2. The maximum atomic E-state index is 3.74. The van der Waals surface area contributed by atoms with Gasteiger partial charge < -0.3 is 10.2 Å². The van der Waals surface area contributed by atoms with E-state index >= 15 is 0 Å². The lowest BCUT2D eigenvalue weighted by molar-refractivity contribution is 0.222. The first-order valence-electron chi connectivity index (χ1n) is 8.31. The van der Waals surface area contributed by atoms with E-state index in [0.717, 1.165) is 18.3 Å². The van der Waals surface area contributed by atoms with Gasteiger partial charge in [0.2, 0.25) is 0 Å². The average molecular weight is 272 g/mol. The van der Waals surface area contributed by atoms with Crippen molar-refractivity contribution in [2.45, 2.75) is 38.6 Å². The topological polar surface area (TPSA) is 15.3 Å². The second kappa shape index (κ2) is 6.73. The Balaban J connectivity index is 1.54. The molecule has 2 nitrogen and oxygen atoms in total. The fourth-order valence-corrected chi connectivity index (χ4v) is 3.50. The van der Waals surface area contributed by atoms with Crippen LogP contribution in [0.3, 0.4) is 0 Å². The van der Waals surface area contributed by atoms with Crippen LogP contribution in [-0.2, 0) is 6.42 Å². The van der Waals surface area contributed by atoms with E-state index in [-0.39, 0.29) is 0 Å². The summed E-state index contributed by atoms with van der Waals surface area (Å²) in [7, 11) is 0. The fourth-order valence-electron chi connectivity index (χ4n) is 3.50. The Labute approximate surface area is 123 Å². The van der Waals surface area contributed by atoms with Gasteiger partial charge in [0.05, 0.1) is 0 Å². The Bertz CT molecular complexity index is 399. The van der Waals surface area contributed by atoms with E-state index in [9.17, 15) is 0 Å². The molecule has 0 amide bonds. The van der Waals surface area contributed by atoms with E-state index in [0.29, 0.717) is 6.04 Å². The van der Waals surface area contributed by atoms with Crippen LogP contribution in [0.5, 0.6) is 0 Å². The minimum atomic E-state index is 0.617. The van der Waals surface area contributed by atoms with Crippen molar-refractivity contribution in [3.05, 3.63) is 35.9 Å². The normalized spacial score (nSPS) is 26.1. The highest BCUT2D eigenvalue weighted by molar-refractivity contribution is 5.16. The van der Waals surface area contributed by atoms with Crippen LogP contribution in [-0.4, -0.2) is 37.1 Å². The molecule has 1 saturated carbocycles. The van der Waals surface area contributed by atoms with Gasteiger partial charge in [-0.25, -0.2) is 0 Å². The Morgan fingerprint density at radius 2 is 2.05 bits per heavy atom. The predicted octanol–water partition coefficient (Wildman–Crippen LogP) is 2.94. The molecule has 1 aliphatic heterocycles. The smallest absolute Gasteiger partial charge is 0.0235 e. The Morgan fingerprint density at radius 1 is 1.25 bits per heavy atom. The summed E-state index contributed by atoms with van der Waals surface area (Å²) < 4.78 is 0. The molecule has 1 N–H and O–H groups in total. The minimum absolute atomic E-state index is 0.617. The first kappa shape index (κ1) is 14.1. The fraction of sp³-hybridized carbons (Fsp3) is 0.667. The molecule has 2 heteroatoms. The predicted molar refractivity (Wildman–Crippen MR) is 84.9 cm³/mol. The monoisotopic (exact) mass is 272 g/mol. The van der Waals surface area contributed by atoms with E-state index in [1.807, 2.05) is 0 Å². The third-order valence-corrected chi connectivity index (χ3v) is 4.86. The molecule has 1 saturated heterocycles. The van der Waals surface area contributed by atoms with E-state index < -0.39 is 0 Å². The van der Waals surface area contributed by atoms with E-state index in [4.69, 9.17) is 0 Å². The van der Waals surface area contributed by atoms with E-state index in [1.165, 1.54) is 51.0 Å². The Morgan fingerprint density at radius 3 is 2.80 bits per heavy atom. The van der Waals surface area contributed by atoms with Crippen LogP contribution >= 0.6 is 0 Å². The number of nitrogens with one attached hydrogen (secondary N) is 1. The number of rotatable bonds is 5. The van der Waals surface area contributed by atoms with Crippen molar-refractivity contribution in [3.63, 3.8) is 0 Å². The Kier molecular flexibility index (Phi) is 4.74. The van der Waals surface area contributed by atoms with Crippen LogP contribution in [0.1, 0.15) is 31.7 Å². The van der Waals surface area contributed by atoms with E-state index in [1.54, 1.807) is 0 Å². The van der Waals surface area contributed by atoms with E-state index in [2.05, 4.69) is 47.5 Å². The molecule has 2 fully saturated rings. The lowest BCUT2D eigenvalue weighted by atomic mass is 10.0. The van der Waals surface area contributed by atoms with Gasteiger partial charge in [-0.2, -0.15) is 0 Å². The van der Waals surface area contributed by atoms with Gasteiger partial charge in [-0.05, 0) is 56.2 Å². The zero-order chi connectivity index (χ0) is 13.8. The highest BCUT2D eigenvalue weighted by atomic mass is 15.2. The van der Waals surface area contributed by atoms with Crippen LogP contribution in [0.25, 0.3) is 0 Å². The van der Waals surface area contributed by atoms with Crippen molar-refractivity contribution in [3.8, 4) is 0 Å². The summed E-state index contributed by atoms with van der Waals surface area (Å²) >= 11 is 0. The molecule has 0 radical (unpaired) electrons. The van der Waals surface area contributed by atoms with Crippen molar-refractivity contribution < 1.29 is 0 Å². The molecular weight excluding hydrogens is 244 g/mol. The summed E-state index contributed by atoms with van der Waals surface area (Å²) in [5, 5.41) is 3.74. The van der Waals surface area contributed by atoms with Crippen molar-refractivity contribution >= 4 is 0 Å². The summed E-state index contributed by atoms with van der Waals surface area (Å²) in [5.74, 6) is 1.92. The maximum absolute atomic E-state index is 3.74. The molecule has 2 atom stereocenters. The van der Waals surface area contributed by atoms with Gasteiger partial charge in [-0.15, -0.1) is 0 Å². The minimum Gasteiger partial charge on any atom is -0.312 e. The summed E-state index contributed by atoms with van der Waals surface area (Å²) in [6.45, 7) is 7.41. The molecule has 1 aromatic carbocycles. The molecule has 0 bridgehead atoms. The summed E-state index contributed by atoms with van der Waals surface area (Å²) in [6, 6.07) is 11.5. The van der Waals surface area contributed by atoms with Gasteiger partial charge in [0.1, 0.15) is 0 Å². The van der Waals surface area contributed by atoms with Crippen molar-refractivity contribution in [1.29, 1.82) is 0 Å². The van der Waals surface area contributed by atoms with Crippen LogP contribution in [0.2, 0.25) is 0 Å². The highest BCUT2D eigenvalue weighted by Crippen LogP contribution is 2.36. The summed E-state index contributed by atoms with van der Waals surface area (Å²) in [6.07, 6.45) is 5.40. The molecule has 1 aliphatic carbocycles. The van der Waals surface area contributed by atoms with Crippen LogP contribution < -0.4 is 5.32 Å². The lowest BCUT2D eigenvalue weighted by Crippen LogP contribution is -2.40. The molecule has 2 unspecified atom stereocenters. The van der Waals surface area contributed by atoms with Gasteiger partial charge in [0.25, 0.3) is 0 Å². The second-order valence-electron chi connectivity index (χ2n) is 6.77. The van der Waals surface area contributed by atoms with Gasteiger partial charge in [0.15, 0.2) is 0 Å². The number of hydrogen-bond donors (Lipinski definition) is 1. The standard InChI is InChI=1S/C18H28N2/c1-15(17-8-9-17)13-20-11-5-10-19-18(14-20)12-16-6-3-2-4-7-16/h2-4,6-7,15,17-19H,5,8-14H2,1H3. The summed E-state index contributed by atoms with van der Waals surface area (Å²) in [5.41, 5.74) is 1.46. The molecule has 0 spiro atoms. The number of nitrogens with zero attached hydrogens (tertiary/aromatic N) is 1. The van der Waals surface area contributed by atoms with Crippen molar-refractivity contribution in [1.82, 2.24) is 10.2 Å². The highest BCUT2D eigenvalue weighted by Gasteiger charge is 2.29. The quantitative estimate of drug-likeness (QED) is 0.886. The third-order valence-electron chi connectivity index (χ3n) is 4.86. The van der Waals surface area contributed by atoms with Crippen molar-refractivity contribution in [2.24, 2.45) is 11.8 Å². The lowest BCUT2D eigenvalue weighted by Gasteiger charge is -2.27. The van der Waals surface area contributed by atoms with Gasteiger partial charge in [-0.1, -0.05) is 37.3 Å². The molecule has 0 aromatic heterocycles. The molecule has 1 aromatic rings. The molecule has 20 heavy (non-hydrogen) atoms. The second-order valence-corrected chi connectivity index (χ2v) is 6.77. The van der Waals surface area contributed by atoms with Gasteiger partial charge in [0, 0.05) is 19.1 Å². The molecule has 1 heterocycles. The first-order chi connectivity index (χ1) is 9.81. The van der Waals surface area contributed by atoms with Gasteiger partial charge in [-0.3, -0.25) is 0 Å². The molecular formula is C18H28N2. The molecule has 2 aliphatic rings. The summed E-state index contributed by atoms with van der Waals surface area (Å²) in [4.78, 5) is 2.70. The Hall–Kier alpha value is -0.860. The molecule has 3 rings (SSSR count). The maximum Gasteiger partial charge on any atom is 0.0235 e. The van der Waals surface area contributed by atoms with Crippen LogP contribution in [0, 0.1) is 11.8 Å². The SMILES string of the molecule is CC(CN1CCCNC(Cc2ccccc2)C1)C1CC1. The zero-order valence-corrected chi connectivity index (χ0v) is 12.7. The first-order valence-corrected chi connectivity index (χ1v) is 8.31.